The summed E-state index contributed by atoms with van der Waals surface area (Å²) >= 11 is 0. The molecule has 0 N–H and O–H groups in total. The average Bonchev–Trinajstić information content (AvgIpc) is 3.12. The van der Waals surface area contributed by atoms with Gasteiger partial charge in [-0.15, -0.1) is 0 Å². The van der Waals surface area contributed by atoms with Crippen LogP contribution in [0.1, 0.15) is 44.4 Å². The van der Waals surface area contributed by atoms with Crippen LogP contribution in [0.15, 0.2) is 84.0 Å². The SMILES string of the molecule is C=C(/C=C/c1ccc(-n2cnc(C)c2)c(OC)c1)N(CCC)N(CCC)C1=CC=C(S(F)(F)(F)(F)F)C=CC1. The summed E-state index contributed by atoms with van der Waals surface area (Å²) in [5.41, 5.74) is 3.64. The van der Waals surface area contributed by atoms with E-state index in [1.807, 2.05) is 71.9 Å². The van der Waals surface area contributed by atoms with Crippen molar-refractivity contribution in [2.75, 3.05) is 20.2 Å². The number of rotatable bonds is 12. The third-order valence-electron chi connectivity index (χ3n) is 5.98. The van der Waals surface area contributed by atoms with Gasteiger partial charge in [0.05, 0.1) is 30.5 Å². The molecule has 0 aliphatic heterocycles. The van der Waals surface area contributed by atoms with Gasteiger partial charge in [-0.2, -0.15) is 0 Å². The number of methoxy groups -OCH3 is 1. The van der Waals surface area contributed by atoms with Crippen LogP contribution in [0.25, 0.3) is 11.8 Å². The molecule has 0 atom stereocenters. The van der Waals surface area contributed by atoms with Gasteiger partial charge in [-0.05, 0) is 61.8 Å². The zero-order valence-electron chi connectivity index (χ0n) is 22.6. The fourth-order valence-corrected chi connectivity index (χ4v) is 4.83. The number of aryl methyl sites for hydroxylation is 1. The Kier molecular flexibility index (Phi) is 8.45. The lowest BCUT2D eigenvalue weighted by atomic mass is 10.1. The smallest absolute Gasteiger partial charge is 0.310 e. The first-order valence-corrected chi connectivity index (χ1v) is 14.5. The van der Waals surface area contributed by atoms with Crippen molar-refractivity contribution < 1.29 is 24.2 Å². The van der Waals surface area contributed by atoms with Gasteiger partial charge in [-0.3, -0.25) is 10.0 Å². The van der Waals surface area contributed by atoms with Crippen LogP contribution in [0.5, 0.6) is 5.75 Å². The number of ether oxygens (including phenoxy) is 1. The second-order valence-electron chi connectivity index (χ2n) is 9.23. The highest BCUT2D eigenvalue weighted by Gasteiger charge is 2.66. The van der Waals surface area contributed by atoms with E-state index in [-0.39, 0.29) is 6.42 Å². The Morgan fingerprint density at radius 1 is 1.13 bits per heavy atom. The van der Waals surface area contributed by atoms with E-state index in [2.05, 4.69) is 11.6 Å². The maximum Gasteiger partial charge on any atom is 0.310 e. The molecule has 1 aliphatic rings. The van der Waals surface area contributed by atoms with Crippen LogP contribution >= 0.6 is 10.2 Å². The Bertz CT molecular complexity index is 1330. The van der Waals surface area contributed by atoms with Gasteiger partial charge in [0.1, 0.15) is 10.7 Å². The van der Waals surface area contributed by atoms with E-state index in [4.69, 9.17) is 4.74 Å². The Labute approximate surface area is 227 Å². The normalized spacial score (nSPS) is 15.7. The topological polar surface area (TPSA) is 33.5 Å². The summed E-state index contributed by atoms with van der Waals surface area (Å²) in [5.74, 6) is 0.653. The molecule has 11 heteroatoms. The predicted molar refractivity (Wildman–Crippen MR) is 150 cm³/mol. The molecule has 1 aliphatic carbocycles. The first-order valence-electron chi connectivity index (χ1n) is 12.6. The Balaban J connectivity index is 1.90. The number of hydrazine groups is 1. The molecule has 0 fully saturated rings. The molecule has 0 unspecified atom stereocenters. The van der Waals surface area contributed by atoms with Gasteiger partial charge in [0.15, 0.2) is 0 Å². The van der Waals surface area contributed by atoms with Crippen molar-refractivity contribution in [2.24, 2.45) is 0 Å². The molecule has 0 radical (unpaired) electrons. The zero-order chi connectivity index (χ0) is 28.9. The first-order chi connectivity index (χ1) is 18.2. The highest BCUT2D eigenvalue weighted by Crippen LogP contribution is 3.02. The van der Waals surface area contributed by atoms with Crippen molar-refractivity contribution in [1.82, 2.24) is 19.6 Å². The molecule has 1 heterocycles. The number of allylic oxidation sites excluding steroid dienone is 5. The number of nitrogens with zero attached hydrogens (tertiary/aromatic N) is 4. The number of imidazole rings is 1. The quantitative estimate of drug-likeness (QED) is 0.145. The van der Waals surface area contributed by atoms with Crippen LogP contribution in [0, 0.1) is 6.92 Å². The van der Waals surface area contributed by atoms with Crippen molar-refractivity contribution in [3.8, 4) is 11.4 Å². The lowest BCUT2D eigenvalue weighted by Crippen LogP contribution is -2.41. The molecule has 39 heavy (non-hydrogen) atoms. The second kappa shape index (κ2) is 11.0. The van der Waals surface area contributed by atoms with E-state index in [0.29, 0.717) is 48.8 Å². The highest BCUT2D eigenvalue weighted by molar-refractivity contribution is 8.48. The number of halogens is 5. The highest BCUT2D eigenvalue weighted by atomic mass is 32.5. The third-order valence-corrected chi connectivity index (χ3v) is 7.14. The molecule has 0 saturated heterocycles. The molecule has 2 aromatic rings. The van der Waals surface area contributed by atoms with Crippen molar-refractivity contribution in [3.63, 3.8) is 0 Å². The summed E-state index contributed by atoms with van der Waals surface area (Å²) < 4.78 is 74.4. The molecule has 214 valence electrons. The van der Waals surface area contributed by atoms with E-state index < -0.39 is 15.1 Å². The molecule has 0 spiro atoms. The van der Waals surface area contributed by atoms with Gasteiger partial charge in [0, 0.05) is 31.4 Å². The first kappa shape index (κ1) is 30.1. The summed E-state index contributed by atoms with van der Waals surface area (Å²) in [4.78, 5) is 2.36. The van der Waals surface area contributed by atoms with Crippen LogP contribution in [-0.4, -0.2) is 39.8 Å². The molecule has 3 rings (SSSR count). The Morgan fingerprint density at radius 2 is 1.85 bits per heavy atom. The molecular weight excluding hydrogens is 535 g/mol. The molecule has 1 aromatic carbocycles. The lowest BCUT2D eigenvalue weighted by Gasteiger charge is -2.41. The van der Waals surface area contributed by atoms with Crippen LogP contribution in [0.2, 0.25) is 0 Å². The minimum absolute atomic E-state index is 0.0669. The number of benzene rings is 1. The minimum Gasteiger partial charge on any atom is -0.495 e. The average molecular weight is 571 g/mol. The van der Waals surface area contributed by atoms with Crippen LogP contribution < -0.4 is 4.74 Å². The molecule has 0 amide bonds. The summed E-state index contributed by atoms with van der Waals surface area (Å²) in [6.45, 7) is 11.0. The fourth-order valence-electron chi connectivity index (χ4n) is 4.15. The van der Waals surface area contributed by atoms with E-state index in [1.165, 1.54) is 0 Å². The van der Waals surface area contributed by atoms with Gasteiger partial charge < -0.3 is 9.30 Å². The van der Waals surface area contributed by atoms with Gasteiger partial charge in [-0.1, -0.05) is 58.1 Å². The summed E-state index contributed by atoms with van der Waals surface area (Å²) in [6, 6.07) is 5.73. The maximum absolute atomic E-state index is 13.4. The molecule has 0 saturated carbocycles. The number of aromatic nitrogens is 2. The van der Waals surface area contributed by atoms with Crippen LogP contribution in [0.3, 0.4) is 0 Å². The molecular formula is C28H35F5N4OS. The van der Waals surface area contributed by atoms with Gasteiger partial charge in [0.2, 0.25) is 0 Å². The van der Waals surface area contributed by atoms with Crippen molar-refractivity contribution in [1.29, 1.82) is 0 Å². The number of hydrogen-bond donors (Lipinski definition) is 0. The second-order valence-corrected chi connectivity index (χ2v) is 11.6. The predicted octanol–water partition coefficient (Wildman–Crippen LogP) is 9.08. The maximum atomic E-state index is 13.4. The van der Waals surface area contributed by atoms with Gasteiger partial charge in [0.25, 0.3) is 0 Å². The minimum atomic E-state index is -9.78. The van der Waals surface area contributed by atoms with E-state index in [1.54, 1.807) is 13.4 Å². The van der Waals surface area contributed by atoms with E-state index >= 15 is 0 Å². The molecule has 0 bridgehead atoms. The van der Waals surface area contributed by atoms with Crippen LogP contribution in [-0.2, 0) is 0 Å². The summed E-state index contributed by atoms with van der Waals surface area (Å²) in [7, 11) is -8.19. The number of hydrogen-bond acceptors (Lipinski definition) is 4. The van der Waals surface area contributed by atoms with Gasteiger partial charge >= 0.3 is 10.2 Å². The Hall–Kier alpha value is -3.47. The largest absolute Gasteiger partial charge is 0.495 e. The lowest BCUT2D eigenvalue weighted by molar-refractivity contribution is 0.0480. The molecule has 1 aromatic heterocycles. The van der Waals surface area contributed by atoms with E-state index in [9.17, 15) is 19.4 Å². The van der Waals surface area contributed by atoms with Crippen molar-refractivity contribution >= 4 is 16.3 Å². The Morgan fingerprint density at radius 3 is 2.44 bits per heavy atom. The monoisotopic (exact) mass is 570 g/mol. The van der Waals surface area contributed by atoms with Crippen molar-refractivity contribution in [3.05, 3.63) is 95.2 Å². The van der Waals surface area contributed by atoms with Crippen LogP contribution in [0.4, 0.5) is 19.4 Å². The van der Waals surface area contributed by atoms with E-state index in [0.717, 1.165) is 35.5 Å². The third kappa shape index (κ3) is 7.78. The summed E-state index contributed by atoms with van der Waals surface area (Å²) in [6.07, 6.45) is 12.0. The summed E-state index contributed by atoms with van der Waals surface area (Å²) in [5, 5.41) is 3.69. The standard InChI is InChI=1S/C28H35F5N4OS/c1-6-17-36(37(18-7-2)25-9-8-10-26(15-14-25)39(29,30,31,32)33)23(4)11-12-24-13-16-27(28(19-24)38-5)35-20-22(3)34-21-35/h8,10-16,19-21H,4,6-7,9,17-18H2,1-3,5H3/b12-11+. The van der Waals surface area contributed by atoms with Crippen molar-refractivity contribution in [2.45, 2.75) is 40.0 Å². The fraction of sp³-hybridized carbons (Fsp3) is 0.321. The molecule has 5 nitrogen and oxygen atoms in total. The van der Waals surface area contributed by atoms with Gasteiger partial charge in [-0.25, -0.2) is 4.98 Å². The zero-order valence-corrected chi connectivity index (χ0v) is 23.4.